The monoisotopic (exact) mass is 420 g/mol. The smallest absolute Gasteiger partial charge is 0.394 e. The van der Waals surface area contributed by atoms with Crippen LogP contribution in [0.25, 0.3) is 0 Å². The minimum atomic E-state index is -4.58. The number of unbranched alkanes of at least 4 members (excludes halogenated alkanes) is 9. The molecule has 0 aliphatic heterocycles. The highest BCUT2D eigenvalue weighted by atomic mass is 31.2. The third kappa shape index (κ3) is 21.8. The Morgan fingerprint density at radius 2 is 1.43 bits per heavy atom. The Morgan fingerprint density at radius 3 is 2.00 bits per heavy atom. The molecule has 0 spiro atoms. The minimum absolute atomic E-state index is 0.0120. The highest BCUT2D eigenvalue weighted by Gasteiger charge is 2.21. The van der Waals surface area contributed by atoms with Gasteiger partial charge in [-0.1, -0.05) is 69.8 Å². The number of hydrogen-bond donors (Lipinski definition) is 3. The van der Waals surface area contributed by atoms with Crippen molar-refractivity contribution >= 4 is 7.82 Å². The lowest BCUT2D eigenvalue weighted by atomic mass is 10.1. The quantitative estimate of drug-likeness (QED) is 0.141. The molecule has 0 heterocycles. The second-order valence-corrected chi connectivity index (χ2v) is 8.25. The SMILES string of the molecule is CCCCC/C=C\C/C=C\CCCCCCCCOCC(CO)OP(=O)(O)O. The van der Waals surface area contributed by atoms with Crippen LogP contribution in [0.1, 0.15) is 84.0 Å². The summed E-state index contributed by atoms with van der Waals surface area (Å²) < 4.78 is 20.4. The fourth-order valence-corrected chi connectivity index (χ4v) is 3.23. The van der Waals surface area contributed by atoms with Crippen molar-refractivity contribution in [2.45, 2.75) is 90.1 Å². The first kappa shape index (κ1) is 27.5. The van der Waals surface area contributed by atoms with Crippen molar-refractivity contribution in [2.24, 2.45) is 0 Å². The van der Waals surface area contributed by atoms with E-state index in [0.717, 1.165) is 32.1 Å². The Kier molecular flexibility index (Phi) is 19.5. The molecule has 0 aliphatic rings. The zero-order valence-corrected chi connectivity index (χ0v) is 18.4. The summed E-state index contributed by atoms with van der Waals surface area (Å²) >= 11 is 0. The van der Waals surface area contributed by atoms with Crippen molar-refractivity contribution in [2.75, 3.05) is 19.8 Å². The van der Waals surface area contributed by atoms with Gasteiger partial charge in [-0.05, 0) is 38.5 Å². The molecule has 0 radical (unpaired) electrons. The molecule has 0 fully saturated rings. The van der Waals surface area contributed by atoms with E-state index in [-0.39, 0.29) is 6.61 Å². The van der Waals surface area contributed by atoms with Gasteiger partial charge < -0.3 is 19.6 Å². The molecule has 1 unspecified atom stereocenters. The van der Waals surface area contributed by atoms with Gasteiger partial charge >= 0.3 is 7.82 Å². The molecule has 28 heavy (non-hydrogen) atoms. The number of hydrogen-bond acceptors (Lipinski definition) is 4. The van der Waals surface area contributed by atoms with Crippen LogP contribution in [0.15, 0.2) is 24.3 Å². The first-order chi connectivity index (χ1) is 13.5. The van der Waals surface area contributed by atoms with Crippen LogP contribution in [0.2, 0.25) is 0 Å². The molecule has 0 aromatic heterocycles. The Bertz CT molecular complexity index is 433. The lowest BCUT2D eigenvalue weighted by Crippen LogP contribution is -2.23. The number of allylic oxidation sites excluding steroid dienone is 4. The van der Waals surface area contributed by atoms with Gasteiger partial charge in [0.05, 0.1) is 13.2 Å². The summed E-state index contributed by atoms with van der Waals surface area (Å²) in [5, 5.41) is 8.98. The van der Waals surface area contributed by atoms with Crippen molar-refractivity contribution in [3.63, 3.8) is 0 Å². The molecule has 1 atom stereocenters. The summed E-state index contributed by atoms with van der Waals surface area (Å²) in [6.07, 6.45) is 22.2. The molecule has 0 aromatic carbocycles. The second kappa shape index (κ2) is 19.8. The molecule has 0 amide bonds. The predicted octanol–water partition coefficient (Wildman–Crippen LogP) is 5.29. The highest BCUT2D eigenvalue weighted by Crippen LogP contribution is 2.37. The largest absolute Gasteiger partial charge is 0.470 e. The number of phosphoric ester groups is 1. The number of rotatable bonds is 20. The van der Waals surface area contributed by atoms with Crippen LogP contribution in [-0.4, -0.2) is 40.8 Å². The topological polar surface area (TPSA) is 96.2 Å². The Balaban J connectivity index is 3.35. The zero-order chi connectivity index (χ0) is 20.9. The van der Waals surface area contributed by atoms with E-state index < -0.39 is 20.5 Å². The van der Waals surface area contributed by atoms with Gasteiger partial charge in [-0.3, -0.25) is 4.52 Å². The molecule has 3 N–H and O–H groups in total. The Morgan fingerprint density at radius 1 is 0.857 bits per heavy atom. The zero-order valence-electron chi connectivity index (χ0n) is 17.5. The average molecular weight is 421 g/mol. The molecule has 166 valence electrons. The van der Waals surface area contributed by atoms with E-state index in [0.29, 0.717) is 6.61 Å². The number of ether oxygens (including phenoxy) is 1. The summed E-state index contributed by atoms with van der Waals surface area (Å²) in [5.41, 5.74) is 0. The third-order valence-corrected chi connectivity index (χ3v) is 4.86. The molecule has 0 saturated heterocycles. The van der Waals surface area contributed by atoms with Gasteiger partial charge in [0.25, 0.3) is 0 Å². The van der Waals surface area contributed by atoms with Crippen molar-refractivity contribution in [1.82, 2.24) is 0 Å². The summed E-state index contributed by atoms with van der Waals surface area (Å²) in [6.45, 7) is 2.25. The first-order valence-electron chi connectivity index (χ1n) is 10.7. The maximum atomic E-state index is 10.7. The Hall–Kier alpha value is -0.490. The van der Waals surface area contributed by atoms with E-state index in [1.807, 2.05) is 0 Å². The predicted molar refractivity (Wildman–Crippen MR) is 114 cm³/mol. The van der Waals surface area contributed by atoms with Crippen molar-refractivity contribution < 1.29 is 28.7 Å². The van der Waals surface area contributed by atoms with Gasteiger partial charge in [0, 0.05) is 6.61 Å². The van der Waals surface area contributed by atoms with Gasteiger partial charge in [-0.25, -0.2) is 4.57 Å². The van der Waals surface area contributed by atoms with E-state index in [1.165, 1.54) is 44.9 Å². The molecule has 0 aromatic rings. The van der Waals surface area contributed by atoms with Crippen LogP contribution < -0.4 is 0 Å². The standard InChI is InChI=1S/C21H41O6P/c1-2-3-4-5-6-7-8-9-10-11-12-13-14-15-16-17-18-26-20-21(19-22)27-28(23,24)25/h6-7,9-10,21-22H,2-5,8,11-20H2,1H3,(H2,23,24,25)/b7-6-,10-9-. The fourth-order valence-electron chi connectivity index (χ4n) is 2.72. The molecular formula is C21H41O6P. The molecule has 7 heteroatoms. The van der Waals surface area contributed by atoms with E-state index in [4.69, 9.17) is 19.6 Å². The van der Waals surface area contributed by atoms with E-state index in [9.17, 15) is 4.57 Å². The number of phosphoric acid groups is 1. The lowest BCUT2D eigenvalue weighted by Gasteiger charge is -2.15. The van der Waals surface area contributed by atoms with Gasteiger partial charge in [0.15, 0.2) is 0 Å². The van der Waals surface area contributed by atoms with E-state index in [1.54, 1.807) is 0 Å². The number of aliphatic hydroxyl groups is 1. The Labute approximate surface area is 171 Å². The fraction of sp³-hybridized carbons (Fsp3) is 0.810. The van der Waals surface area contributed by atoms with Crippen LogP contribution in [0.3, 0.4) is 0 Å². The highest BCUT2D eigenvalue weighted by molar-refractivity contribution is 7.46. The van der Waals surface area contributed by atoms with Crippen LogP contribution in [-0.2, 0) is 13.8 Å². The van der Waals surface area contributed by atoms with Gasteiger partial charge in [-0.2, -0.15) is 0 Å². The summed E-state index contributed by atoms with van der Waals surface area (Å²) in [5.74, 6) is 0. The normalized spacial score (nSPS) is 13.7. The first-order valence-corrected chi connectivity index (χ1v) is 12.2. The molecule has 0 rings (SSSR count). The average Bonchev–Trinajstić information content (AvgIpc) is 2.65. The molecule has 0 bridgehead atoms. The van der Waals surface area contributed by atoms with Crippen LogP contribution in [0, 0.1) is 0 Å². The summed E-state index contributed by atoms with van der Waals surface area (Å²) in [6, 6.07) is 0. The van der Waals surface area contributed by atoms with Gasteiger partial charge in [-0.15, -0.1) is 0 Å². The number of aliphatic hydroxyl groups excluding tert-OH is 1. The minimum Gasteiger partial charge on any atom is -0.394 e. The lowest BCUT2D eigenvalue weighted by molar-refractivity contribution is 0.00414. The maximum Gasteiger partial charge on any atom is 0.470 e. The van der Waals surface area contributed by atoms with Crippen LogP contribution in [0.4, 0.5) is 0 Å². The molecule has 0 saturated carbocycles. The third-order valence-electron chi connectivity index (χ3n) is 4.28. The maximum absolute atomic E-state index is 10.7. The molecular weight excluding hydrogens is 379 g/mol. The van der Waals surface area contributed by atoms with Gasteiger partial charge in [0.1, 0.15) is 6.10 Å². The van der Waals surface area contributed by atoms with Crippen LogP contribution >= 0.6 is 7.82 Å². The van der Waals surface area contributed by atoms with E-state index in [2.05, 4.69) is 35.8 Å². The second-order valence-electron chi connectivity index (χ2n) is 7.06. The van der Waals surface area contributed by atoms with Crippen LogP contribution in [0.5, 0.6) is 0 Å². The van der Waals surface area contributed by atoms with E-state index >= 15 is 0 Å². The van der Waals surface area contributed by atoms with Crippen molar-refractivity contribution in [3.8, 4) is 0 Å². The van der Waals surface area contributed by atoms with Gasteiger partial charge in [0.2, 0.25) is 0 Å². The van der Waals surface area contributed by atoms with Crippen molar-refractivity contribution in [3.05, 3.63) is 24.3 Å². The summed E-state index contributed by atoms with van der Waals surface area (Å²) in [7, 11) is -4.58. The van der Waals surface area contributed by atoms with Crippen molar-refractivity contribution in [1.29, 1.82) is 0 Å². The molecule has 6 nitrogen and oxygen atoms in total. The summed E-state index contributed by atoms with van der Waals surface area (Å²) in [4.78, 5) is 17.4. The molecule has 0 aliphatic carbocycles.